The zero-order valence-corrected chi connectivity index (χ0v) is 14.6. The number of hydrogen-bond acceptors (Lipinski definition) is 2. The molecule has 0 amide bonds. The number of hydrogen-bond donors (Lipinski definition) is 2. The van der Waals surface area contributed by atoms with Crippen molar-refractivity contribution in [3.05, 3.63) is 70.9 Å². The fraction of sp³-hybridized carbons (Fsp3) is 0.250. The summed E-state index contributed by atoms with van der Waals surface area (Å²) in [6.07, 6.45) is -0.258. The Morgan fingerprint density at radius 3 is 2.58 bits per heavy atom. The molecule has 2 N–H and O–H groups in total. The first-order valence-electron chi connectivity index (χ1n) is 8.27. The molecule has 0 bridgehead atoms. The molecule has 3 rings (SSSR count). The van der Waals surface area contributed by atoms with Gasteiger partial charge in [0.25, 0.3) is 0 Å². The van der Waals surface area contributed by atoms with E-state index in [-0.39, 0.29) is 12.2 Å². The maximum atomic E-state index is 14.5. The third-order valence-electron chi connectivity index (χ3n) is 4.36. The number of aromatic amines is 1. The molecule has 136 valence electrons. The SMILES string of the molecule is CN(C)Cc1[nH]c2cc(F)ccc2c1C(CC(=O)O)c1ccccc1F. The van der Waals surface area contributed by atoms with E-state index in [9.17, 15) is 18.7 Å². The molecule has 1 unspecified atom stereocenters. The maximum Gasteiger partial charge on any atom is 0.304 e. The van der Waals surface area contributed by atoms with E-state index in [1.165, 1.54) is 18.2 Å². The zero-order valence-electron chi connectivity index (χ0n) is 14.6. The molecule has 26 heavy (non-hydrogen) atoms. The van der Waals surface area contributed by atoms with E-state index in [0.717, 1.165) is 5.69 Å². The van der Waals surface area contributed by atoms with Gasteiger partial charge in [0.15, 0.2) is 0 Å². The van der Waals surface area contributed by atoms with Crippen LogP contribution in [0.1, 0.15) is 29.2 Å². The minimum Gasteiger partial charge on any atom is -0.481 e. The van der Waals surface area contributed by atoms with Crippen molar-refractivity contribution in [1.29, 1.82) is 0 Å². The van der Waals surface area contributed by atoms with Gasteiger partial charge in [-0.2, -0.15) is 0 Å². The normalized spacial score (nSPS) is 12.7. The second-order valence-corrected chi connectivity index (χ2v) is 6.62. The van der Waals surface area contributed by atoms with Gasteiger partial charge in [-0.1, -0.05) is 18.2 Å². The van der Waals surface area contributed by atoms with Crippen molar-refractivity contribution in [1.82, 2.24) is 9.88 Å². The number of aliphatic carboxylic acids is 1. The first-order chi connectivity index (χ1) is 12.4. The molecule has 1 atom stereocenters. The van der Waals surface area contributed by atoms with Crippen LogP contribution in [0, 0.1) is 11.6 Å². The molecular formula is C20H20F2N2O2. The lowest BCUT2D eigenvalue weighted by Crippen LogP contribution is -2.16. The van der Waals surface area contributed by atoms with Crippen LogP contribution < -0.4 is 0 Å². The van der Waals surface area contributed by atoms with Crippen LogP contribution in [0.2, 0.25) is 0 Å². The van der Waals surface area contributed by atoms with Crippen LogP contribution in [-0.2, 0) is 11.3 Å². The Bertz CT molecular complexity index is 950. The van der Waals surface area contributed by atoms with Crippen molar-refractivity contribution in [2.45, 2.75) is 18.9 Å². The number of rotatable bonds is 6. The predicted molar refractivity (Wildman–Crippen MR) is 96.1 cm³/mol. The second kappa shape index (κ2) is 7.25. The van der Waals surface area contributed by atoms with Gasteiger partial charge in [0, 0.05) is 29.1 Å². The lowest BCUT2D eigenvalue weighted by Gasteiger charge is -2.19. The summed E-state index contributed by atoms with van der Waals surface area (Å²) in [5, 5.41) is 10.1. The number of carbonyl (C=O) groups is 1. The summed E-state index contributed by atoms with van der Waals surface area (Å²) in [7, 11) is 3.76. The van der Waals surface area contributed by atoms with Crippen molar-refractivity contribution < 1.29 is 18.7 Å². The number of H-pyrrole nitrogens is 1. The lowest BCUT2D eigenvalue weighted by molar-refractivity contribution is -0.137. The monoisotopic (exact) mass is 358 g/mol. The Morgan fingerprint density at radius 1 is 1.19 bits per heavy atom. The van der Waals surface area contributed by atoms with Crippen LogP contribution in [0.25, 0.3) is 10.9 Å². The van der Waals surface area contributed by atoms with Crippen LogP contribution in [0.4, 0.5) is 8.78 Å². The number of benzene rings is 2. The van der Waals surface area contributed by atoms with Crippen molar-refractivity contribution in [2.24, 2.45) is 0 Å². The molecule has 0 aliphatic rings. The van der Waals surface area contributed by atoms with Gasteiger partial charge in [0.1, 0.15) is 11.6 Å². The Kier molecular flexibility index (Phi) is 5.04. The molecule has 0 saturated carbocycles. The van der Waals surface area contributed by atoms with E-state index >= 15 is 0 Å². The summed E-state index contributed by atoms with van der Waals surface area (Å²) >= 11 is 0. The van der Waals surface area contributed by atoms with E-state index in [1.54, 1.807) is 24.3 Å². The third kappa shape index (κ3) is 3.60. The average Bonchev–Trinajstić information content (AvgIpc) is 2.89. The predicted octanol–water partition coefficient (Wildman–Crippen LogP) is 4.11. The summed E-state index contributed by atoms with van der Waals surface area (Å²) in [6.45, 7) is 0.496. The first-order valence-corrected chi connectivity index (χ1v) is 8.27. The van der Waals surface area contributed by atoms with E-state index in [0.29, 0.717) is 28.6 Å². The standard InChI is InChI=1S/C20H20F2N2O2/c1-24(2)11-18-20(14-8-7-12(21)9-17(14)23-18)15(10-19(25)26)13-5-3-4-6-16(13)22/h3-9,15,23H,10-11H2,1-2H3,(H,25,26). The molecule has 1 aromatic heterocycles. The largest absolute Gasteiger partial charge is 0.481 e. The summed E-state index contributed by atoms with van der Waals surface area (Å²) in [5.74, 6) is -2.54. The number of carboxylic acid groups (broad SMARTS) is 1. The number of aromatic nitrogens is 1. The summed E-state index contributed by atoms with van der Waals surface area (Å²) in [5.41, 5.74) is 2.34. The molecule has 2 aromatic carbocycles. The highest BCUT2D eigenvalue weighted by Gasteiger charge is 2.27. The van der Waals surface area contributed by atoms with Crippen LogP contribution in [0.3, 0.4) is 0 Å². The number of carboxylic acids is 1. The molecule has 0 aliphatic carbocycles. The highest BCUT2D eigenvalue weighted by Crippen LogP contribution is 2.37. The molecule has 1 heterocycles. The topological polar surface area (TPSA) is 56.3 Å². The number of fused-ring (bicyclic) bond motifs is 1. The molecule has 0 fully saturated rings. The summed E-state index contributed by atoms with van der Waals surface area (Å²) in [6, 6.07) is 10.5. The third-order valence-corrected chi connectivity index (χ3v) is 4.36. The fourth-order valence-corrected chi connectivity index (χ4v) is 3.39. The first kappa shape index (κ1) is 18.1. The Balaban J connectivity index is 2.26. The van der Waals surface area contributed by atoms with Gasteiger partial charge >= 0.3 is 5.97 Å². The fourth-order valence-electron chi connectivity index (χ4n) is 3.39. The van der Waals surface area contributed by atoms with Crippen molar-refractivity contribution in [2.75, 3.05) is 14.1 Å². The number of halogens is 2. The van der Waals surface area contributed by atoms with Gasteiger partial charge in [0.05, 0.1) is 6.42 Å². The van der Waals surface area contributed by atoms with Crippen molar-refractivity contribution in [3.8, 4) is 0 Å². The van der Waals surface area contributed by atoms with Crippen molar-refractivity contribution >= 4 is 16.9 Å². The summed E-state index contributed by atoms with van der Waals surface area (Å²) in [4.78, 5) is 16.6. The Hall–Kier alpha value is -2.73. The Labute approximate surface area is 150 Å². The summed E-state index contributed by atoms with van der Waals surface area (Å²) < 4.78 is 28.1. The minimum atomic E-state index is -1.02. The Morgan fingerprint density at radius 2 is 1.92 bits per heavy atom. The highest BCUT2D eigenvalue weighted by molar-refractivity contribution is 5.86. The van der Waals surface area contributed by atoms with Gasteiger partial charge < -0.3 is 15.0 Å². The molecule has 4 nitrogen and oxygen atoms in total. The molecule has 0 radical (unpaired) electrons. The highest BCUT2D eigenvalue weighted by atomic mass is 19.1. The molecule has 6 heteroatoms. The van der Waals surface area contributed by atoms with E-state index in [1.807, 2.05) is 19.0 Å². The van der Waals surface area contributed by atoms with E-state index < -0.39 is 17.7 Å². The van der Waals surface area contributed by atoms with Gasteiger partial charge in [-0.05, 0) is 49.5 Å². The van der Waals surface area contributed by atoms with Crippen LogP contribution in [-0.4, -0.2) is 35.1 Å². The zero-order chi connectivity index (χ0) is 18.8. The smallest absolute Gasteiger partial charge is 0.304 e. The van der Waals surface area contributed by atoms with E-state index in [4.69, 9.17) is 0 Å². The molecule has 0 aliphatic heterocycles. The van der Waals surface area contributed by atoms with Crippen LogP contribution in [0.5, 0.6) is 0 Å². The second-order valence-electron chi connectivity index (χ2n) is 6.62. The number of nitrogens with zero attached hydrogens (tertiary/aromatic N) is 1. The van der Waals surface area contributed by atoms with Crippen LogP contribution >= 0.6 is 0 Å². The van der Waals surface area contributed by atoms with Gasteiger partial charge in [-0.3, -0.25) is 4.79 Å². The molecule has 3 aromatic rings. The molecule has 0 saturated heterocycles. The van der Waals surface area contributed by atoms with Crippen LogP contribution in [0.15, 0.2) is 42.5 Å². The maximum absolute atomic E-state index is 14.5. The average molecular weight is 358 g/mol. The van der Waals surface area contributed by atoms with Gasteiger partial charge in [-0.15, -0.1) is 0 Å². The number of nitrogens with one attached hydrogen (secondary N) is 1. The lowest BCUT2D eigenvalue weighted by atomic mass is 9.86. The van der Waals surface area contributed by atoms with E-state index in [2.05, 4.69) is 4.98 Å². The minimum absolute atomic E-state index is 0.258. The quantitative estimate of drug-likeness (QED) is 0.697. The van der Waals surface area contributed by atoms with Crippen molar-refractivity contribution in [3.63, 3.8) is 0 Å². The molecule has 0 spiro atoms. The van der Waals surface area contributed by atoms with Gasteiger partial charge in [-0.25, -0.2) is 8.78 Å². The van der Waals surface area contributed by atoms with Gasteiger partial charge in [0.2, 0.25) is 0 Å². The molecular weight excluding hydrogens is 338 g/mol.